The summed E-state index contributed by atoms with van der Waals surface area (Å²) < 4.78 is 14.4. The number of carbonyl (C=O) groups is 1. The van der Waals surface area contributed by atoms with Crippen molar-refractivity contribution in [3.05, 3.63) is 99.9 Å². The second-order valence-corrected chi connectivity index (χ2v) is 6.88. The van der Waals surface area contributed by atoms with Crippen molar-refractivity contribution in [3.8, 4) is 0 Å². The molecule has 1 amide bonds. The smallest absolute Gasteiger partial charge is 0.295 e. The predicted octanol–water partition coefficient (Wildman–Crippen LogP) is 5.33. The van der Waals surface area contributed by atoms with Crippen molar-refractivity contribution in [1.82, 2.24) is 0 Å². The minimum absolute atomic E-state index is 0.0425. The van der Waals surface area contributed by atoms with E-state index in [1.807, 2.05) is 36.4 Å². The zero-order valence-electron chi connectivity index (χ0n) is 16.5. The van der Waals surface area contributed by atoms with Gasteiger partial charge in [0.15, 0.2) is 5.82 Å². The summed E-state index contributed by atoms with van der Waals surface area (Å²) in [7, 11) is 0. The van der Waals surface area contributed by atoms with Gasteiger partial charge in [-0.1, -0.05) is 60.7 Å². The SMILES string of the molecule is CC(=O)Nc1cc(NCCC(c2ccccc2)c2ccccc2)c(F)cc1[N+](=O)[O-]. The number of carbonyl (C=O) groups excluding carboxylic acids is 1. The third kappa shape index (κ3) is 5.20. The van der Waals surface area contributed by atoms with E-state index in [1.165, 1.54) is 13.0 Å². The summed E-state index contributed by atoms with van der Waals surface area (Å²) in [4.78, 5) is 21.8. The Labute approximate surface area is 173 Å². The molecular weight excluding hydrogens is 385 g/mol. The standard InChI is InChI=1S/C23H22FN3O3/c1-16(28)26-22-15-21(20(24)14-23(22)27(29)30)25-13-12-19(17-8-4-2-5-9-17)18-10-6-3-7-11-18/h2-11,14-15,19,25H,12-13H2,1H3,(H,26,28). The number of nitro benzene ring substituents is 1. The van der Waals surface area contributed by atoms with Gasteiger partial charge < -0.3 is 10.6 Å². The van der Waals surface area contributed by atoms with E-state index >= 15 is 0 Å². The maximum absolute atomic E-state index is 14.4. The molecule has 0 aromatic heterocycles. The van der Waals surface area contributed by atoms with Gasteiger partial charge in [-0.05, 0) is 23.6 Å². The summed E-state index contributed by atoms with van der Waals surface area (Å²) in [6.07, 6.45) is 0.680. The molecule has 0 radical (unpaired) electrons. The fourth-order valence-electron chi connectivity index (χ4n) is 3.39. The van der Waals surface area contributed by atoms with Crippen LogP contribution in [0.25, 0.3) is 0 Å². The fraction of sp³-hybridized carbons (Fsp3) is 0.174. The Balaban J connectivity index is 1.79. The van der Waals surface area contributed by atoms with Gasteiger partial charge in [0.05, 0.1) is 16.7 Å². The van der Waals surface area contributed by atoms with Crippen LogP contribution in [-0.4, -0.2) is 17.4 Å². The predicted molar refractivity (Wildman–Crippen MR) is 115 cm³/mol. The molecule has 0 heterocycles. The Hall–Kier alpha value is -3.74. The van der Waals surface area contributed by atoms with Crippen molar-refractivity contribution in [2.75, 3.05) is 17.2 Å². The van der Waals surface area contributed by atoms with Crippen molar-refractivity contribution in [2.45, 2.75) is 19.3 Å². The molecule has 3 rings (SSSR count). The highest BCUT2D eigenvalue weighted by Crippen LogP contribution is 2.32. The van der Waals surface area contributed by atoms with Crippen molar-refractivity contribution in [3.63, 3.8) is 0 Å². The van der Waals surface area contributed by atoms with Crippen molar-refractivity contribution in [2.24, 2.45) is 0 Å². The Morgan fingerprint density at radius 1 is 1.00 bits per heavy atom. The van der Waals surface area contributed by atoms with Gasteiger partial charge in [0.1, 0.15) is 5.69 Å². The first kappa shape index (κ1) is 21.0. The third-order valence-electron chi connectivity index (χ3n) is 4.75. The first-order valence-electron chi connectivity index (χ1n) is 9.55. The van der Waals surface area contributed by atoms with E-state index in [4.69, 9.17) is 0 Å². The van der Waals surface area contributed by atoms with Crippen LogP contribution in [0.15, 0.2) is 72.8 Å². The van der Waals surface area contributed by atoms with Crippen LogP contribution in [0.1, 0.15) is 30.4 Å². The minimum atomic E-state index is -0.744. The van der Waals surface area contributed by atoms with Crippen LogP contribution < -0.4 is 10.6 Å². The van der Waals surface area contributed by atoms with E-state index in [9.17, 15) is 19.3 Å². The molecule has 3 aromatic carbocycles. The molecule has 7 heteroatoms. The van der Waals surface area contributed by atoms with Crippen LogP contribution in [0.5, 0.6) is 0 Å². The quantitative estimate of drug-likeness (QED) is 0.391. The van der Waals surface area contributed by atoms with Crippen molar-refractivity contribution in [1.29, 1.82) is 0 Å². The topological polar surface area (TPSA) is 84.3 Å². The van der Waals surface area contributed by atoms with E-state index in [0.29, 0.717) is 13.0 Å². The fourth-order valence-corrected chi connectivity index (χ4v) is 3.39. The average Bonchev–Trinajstić information content (AvgIpc) is 2.73. The molecule has 0 aliphatic rings. The number of hydrogen-bond acceptors (Lipinski definition) is 4. The lowest BCUT2D eigenvalue weighted by atomic mass is 9.88. The molecule has 0 saturated heterocycles. The molecule has 0 atom stereocenters. The molecule has 30 heavy (non-hydrogen) atoms. The lowest BCUT2D eigenvalue weighted by Crippen LogP contribution is -2.12. The van der Waals surface area contributed by atoms with Gasteiger partial charge in [0.25, 0.3) is 5.69 Å². The molecule has 0 aliphatic carbocycles. The number of halogens is 1. The first-order chi connectivity index (χ1) is 14.5. The molecule has 2 N–H and O–H groups in total. The molecule has 0 bridgehead atoms. The second kappa shape index (κ2) is 9.65. The van der Waals surface area contributed by atoms with Gasteiger partial charge in [0, 0.05) is 19.4 Å². The molecule has 0 spiro atoms. The van der Waals surface area contributed by atoms with Crippen LogP contribution in [0.2, 0.25) is 0 Å². The number of anilines is 2. The molecule has 154 valence electrons. The van der Waals surface area contributed by atoms with Gasteiger partial charge >= 0.3 is 0 Å². The monoisotopic (exact) mass is 407 g/mol. The van der Waals surface area contributed by atoms with Crippen LogP contribution >= 0.6 is 0 Å². The zero-order chi connectivity index (χ0) is 21.5. The first-order valence-corrected chi connectivity index (χ1v) is 9.55. The van der Waals surface area contributed by atoms with E-state index in [0.717, 1.165) is 17.2 Å². The summed E-state index contributed by atoms with van der Waals surface area (Å²) in [6.45, 7) is 1.67. The van der Waals surface area contributed by atoms with E-state index < -0.39 is 22.3 Å². The number of nitrogens with zero attached hydrogens (tertiary/aromatic N) is 1. The highest BCUT2D eigenvalue weighted by Gasteiger charge is 2.20. The minimum Gasteiger partial charge on any atom is -0.383 e. The largest absolute Gasteiger partial charge is 0.383 e. The van der Waals surface area contributed by atoms with Gasteiger partial charge in [-0.2, -0.15) is 0 Å². The Morgan fingerprint density at radius 2 is 1.57 bits per heavy atom. The lowest BCUT2D eigenvalue weighted by Gasteiger charge is -2.19. The van der Waals surface area contributed by atoms with Gasteiger partial charge in [-0.3, -0.25) is 14.9 Å². The van der Waals surface area contributed by atoms with Crippen LogP contribution in [0, 0.1) is 15.9 Å². The number of hydrogen-bond donors (Lipinski definition) is 2. The molecule has 0 fully saturated rings. The summed E-state index contributed by atoms with van der Waals surface area (Å²) in [5.41, 5.74) is 1.87. The Morgan fingerprint density at radius 3 is 2.07 bits per heavy atom. The molecule has 0 unspecified atom stereocenters. The third-order valence-corrected chi connectivity index (χ3v) is 4.75. The summed E-state index contributed by atoms with van der Waals surface area (Å²) >= 11 is 0. The van der Waals surface area contributed by atoms with Crippen molar-refractivity contribution < 1.29 is 14.1 Å². The molecule has 6 nitrogen and oxygen atoms in total. The van der Waals surface area contributed by atoms with Crippen LogP contribution in [0.3, 0.4) is 0 Å². The van der Waals surface area contributed by atoms with Crippen molar-refractivity contribution >= 4 is 23.0 Å². The van der Waals surface area contributed by atoms with E-state index in [1.54, 1.807) is 0 Å². The van der Waals surface area contributed by atoms with Crippen LogP contribution in [-0.2, 0) is 4.79 Å². The number of benzene rings is 3. The molecule has 0 saturated carbocycles. The number of nitrogens with one attached hydrogen (secondary N) is 2. The zero-order valence-corrected chi connectivity index (χ0v) is 16.5. The lowest BCUT2D eigenvalue weighted by molar-refractivity contribution is -0.384. The van der Waals surface area contributed by atoms with Gasteiger partial charge in [0.2, 0.25) is 5.91 Å². The Kier molecular flexibility index (Phi) is 6.75. The van der Waals surface area contributed by atoms with E-state index in [-0.39, 0.29) is 17.3 Å². The number of nitro groups is 1. The average molecular weight is 407 g/mol. The molecule has 0 aliphatic heterocycles. The Bertz CT molecular complexity index is 987. The van der Waals surface area contributed by atoms with E-state index in [2.05, 4.69) is 34.9 Å². The summed E-state index contributed by atoms with van der Waals surface area (Å²) in [5.74, 6) is -1.11. The summed E-state index contributed by atoms with van der Waals surface area (Å²) in [6, 6.07) is 22.1. The molecular formula is C23H22FN3O3. The number of amides is 1. The normalized spacial score (nSPS) is 10.6. The highest BCUT2D eigenvalue weighted by molar-refractivity contribution is 5.92. The van der Waals surface area contributed by atoms with Gasteiger partial charge in [-0.25, -0.2) is 4.39 Å². The maximum Gasteiger partial charge on any atom is 0.295 e. The summed E-state index contributed by atoms with van der Waals surface area (Å²) in [5, 5.41) is 16.6. The van der Waals surface area contributed by atoms with Crippen LogP contribution in [0.4, 0.5) is 21.5 Å². The van der Waals surface area contributed by atoms with Gasteiger partial charge in [-0.15, -0.1) is 0 Å². The maximum atomic E-state index is 14.4. The molecule has 3 aromatic rings. The number of rotatable bonds is 8. The second-order valence-electron chi connectivity index (χ2n) is 6.88. The highest BCUT2D eigenvalue weighted by atomic mass is 19.1.